The van der Waals surface area contributed by atoms with E-state index >= 15 is 0 Å². The molecule has 200 valence electrons. The molecule has 0 saturated carbocycles. The van der Waals surface area contributed by atoms with E-state index in [0.717, 1.165) is 55.3 Å². The molecule has 0 saturated heterocycles. The summed E-state index contributed by atoms with van der Waals surface area (Å²) in [4.78, 5) is 35.8. The van der Waals surface area contributed by atoms with Crippen LogP contribution in [0.1, 0.15) is 63.5 Å². The van der Waals surface area contributed by atoms with Gasteiger partial charge in [-0.25, -0.2) is 0 Å². The molecule has 3 rings (SSSR count). The molecular weight excluding hydrogens is 460 g/mol. The van der Waals surface area contributed by atoms with Crippen LogP contribution >= 0.6 is 0 Å². The first-order valence-corrected chi connectivity index (χ1v) is 13.8. The minimum Gasteiger partial charge on any atom is -0.378 e. The number of carbonyl (C=O) groups is 2. The van der Waals surface area contributed by atoms with E-state index in [1.54, 1.807) is 4.90 Å². The number of hydrogen-bond donors (Lipinski definition) is 1. The van der Waals surface area contributed by atoms with E-state index in [2.05, 4.69) is 60.1 Å². The Hall–Kier alpha value is -3.28. The third-order valence-corrected chi connectivity index (χ3v) is 6.96. The largest absolute Gasteiger partial charge is 0.378 e. The highest BCUT2D eigenvalue weighted by molar-refractivity contribution is 5.85. The fourth-order valence-electron chi connectivity index (χ4n) is 4.59. The number of anilines is 1. The summed E-state index contributed by atoms with van der Waals surface area (Å²) >= 11 is 0. The van der Waals surface area contributed by atoms with Crippen molar-refractivity contribution < 1.29 is 9.59 Å². The Morgan fingerprint density at radius 1 is 0.811 bits per heavy atom. The molecule has 0 aliphatic heterocycles. The molecule has 0 bridgehead atoms. The van der Waals surface area contributed by atoms with E-state index in [0.29, 0.717) is 26.1 Å². The van der Waals surface area contributed by atoms with E-state index in [1.807, 2.05) is 37.3 Å². The quantitative estimate of drug-likeness (QED) is 0.258. The highest BCUT2D eigenvalue weighted by Crippen LogP contribution is 2.20. The lowest BCUT2D eigenvalue weighted by Crippen LogP contribution is -2.43. The molecule has 2 aromatic carbocycles. The fraction of sp³-hybridized carbons (Fsp3) is 0.484. The lowest BCUT2D eigenvalue weighted by molar-refractivity contribution is -0.141. The molecule has 0 spiro atoms. The summed E-state index contributed by atoms with van der Waals surface area (Å²) in [5.74, 6) is 0.110. The molecule has 0 radical (unpaired) electrons. The topological polar surface area (TPSA) is 59.7 Å². The van der Waals surface area contributed by atoms with E-state index in [-0.39, 0.29) is 18.4 Å². The van der Waals surface area contributed by atoms with Gasteiger partial charge in [-0.15, -0.1) is 0 Å². The van der Waals surface area contributed by atoms with E-state index in [4.69, 9.17) is 0 Å². The van der Waals surface area contributed by atoms with Crippen molar-refractivity contribution >= 4 is 28.4 Å². The monoisotopic (exact) mass is 504 g/mol. The van der Waals surface area contributed by atoms with Gasteiger partial charge in [0.1, 0.15) is 0 Å². The van der Waals surface area contributed by atoms with Gasteiger partial charge in [-0.1, -0.05) is 63.4 Å². The number of aromatic nitrogens is 1. The first-order valence-electron chi connectivity index (χ1n) is 13.8. The zero-order valence-corrected chi connectivity index (χ0v) is 23.1. The summed E-state index contributed by atoms with van der Waals surface area (Å²) in [5.41, 5.74) is 4.53. The van der Waals surface area contributed by atoms with Gasteiger partial charge >= 0.3 is 0 Å². The average molecular weight is 505 g/mol. The van der Waals surface area contributed by atoms with Gasteiger partial charge in [0.25, 0.3) is 0 Å². The number of fused-ring (bicyclic) bond motifs is 1. The minimum absolute atomic E-state index is 0.0106. The van der Waals surface area contributed by atoms with Crippen LogP contribution in [0.25, 0.3) is 10.9 Å². The van der Waals surface area contributed by atoms with E-state index in [1.165, 1.54) is 10.9 Å². The maximum absolute atomic E-state index is 13.7. The van der Waals surface area contributed by atoms with Crippen LogP contribution in [-0.4, -0.2) is 60.3 Å². The second-order valence-corrected chi connectivity index (χ2v) is 10.1. The van der Waals surface area contributed by atoms with Crippen LogP contribution in [0.15, 0.2) is 54.7 Å². The Morgan fingerprint density at radius 2 is 1.54 bits per heavy atom. The molecule has 0 atom stereocenters. The van der Waals surface area contributed by atoms with Crippen molar-refractivity contribution in [1.82, 2.24) is 14.8 Å². The van der Waals surface area contributed by atoms with Crippen molar-refractivity contribution in [1.29, 1.82) is 0 Å². The minimum atomic E-state index is 0.0106. The number of H-pyrrole nitrogens is 1. The Balaban J connectivity index is 1.76. The lowest BCUT2D eigenvalue weighted by atomic mass is 10.1. The summed E-state index contributed by atoms with van der Waals surface area (Å²) in [7, 11) is 4.04. The van der Waals surface area contributed by atoms with Crippen LogP contribution in [0.2, 0.25) is 0 Å². The number of carbonyl (C=O) groups excluding carboxylic acids is 2. The van der Waals surface area contributed by atoms with E-state index < -0.39 is 0 Å². The first kappa shape index (κ1) is 28.3. The number of hydrogen-bond acceptors (Lipinski definition) is 3. The summed E-state index contributed by atoms with van der Waals surface area (Å²) < 4.78 is 0. The third-order valence-electron chi connectivity index (χ3n) is 6.96. The number of rotatable bonds is 15. The maximum atomic E-state index is 13.7. The van der Waals surface area contributed by atoms with Crippen molar-refractivity contribution in [3.63, 3.8) is 0 Å². The fourth-order valence-corrected chi connectivity index (χ4v) is 4.59. The number of amides is 2. The molecule has 0 fully saturated rings. The standard InChI is InChI=1S/C31H44N4O2/c1-5-7-9-14-30(36)34(20-8-6-2)24-31(37)35(23-25-15-17-27(18-16-25)33(3)4)21-19-26-22-32-29-13-11-10-12-28(26)29/h10-13,15-18,22,32H,5-9,14,19-21,23-24H2,1-4H3. The van der Waals surface area contributed by atoms with Crippen LogP contribution in [0.3, 0.4) is 0 Å². The number of aromatic amines is 1. The van der Waals surface area contributed by atoms with Crippen LogP contribution in [0.5, 0.6) is 0 Å². The number of benzene rings is 2. The van der Waals surface area contributed by atoms with Gasteiger partial charge in [0.15, 0.2) is 0 Å². The van der Waals surface area contributed by atoms with Crippen LogP contribution in [-0.2, 0) is 22.6 Å². The van der Waals surface area contributed by atoms with Crippen molar-refractivity contribution in [2.24, 2.45) is 0 Å². The smallest absolute Gasteiger partial charge is 0.242 e. The van der Waals surface area contributed by atoms with Crippen molar-refractivity contribution in [3.8, 4) is 0 Å². The zero-order chi connectivity index (χ0) is 26.6. The molecule has 0 aliphatic rings. The molecule has 3 aromatic rings. The second-order valence-electron chi connectivity index (χ2n) is 10.1. The summed E-state index contributed by atoms with van der Waals surface area (Å²) in [5, 5.41) is 1.20. The Kier molecular flexibility index (Phi) is 11.1. The van der Waals surface area contributed by atoms with Crippen molar-refractivity contribution in [2.45, 2.75) is 65.3 Å². The number of para-hydroxylation sites is 1. The van der Waals surface area contributed by atoms with Gasteiger partial charge in [0.2, 0.25) is 11.8 Å². The van der Waals surface area contributed by atoms with Gasteiger partial charge < -0.3 is 19.7 Å². The normalized spacial score (nSPS) is 11.0. The van der Waals surface area contributed by atoms with E-state index in [9.17, 15) is 9.59 Å². The van der Waals surface area contributed by atoms with Crippen LogP contribution in [0, 0.1) is 0 Å². The van der Waals surface area contributed by atoms with Gasteiger partial charge in [-0.05, 0) is 48.6 Å². The highest BCUT2D eigenvalue weighted by Gasteiger charge is 2.21. The van der Waals surface area contributed by atoms with Gasteiger partial charge in [-0.2, -0.15) is 0 Å². The molecule has 1 aromatic heterocycles. The molecular formula is C31H44N4O2. The summed E-state index contributed by atoms with van der Waals surface area (Å²) in [6, 6.07) is 16.6. The maximum Gasteiger partial charge on any atom is 0.242 e. The van der Waals surface area contributed by atoms with Crippen LogP contribution in [0.4, 0.5) is 5.69 Å². The molecule has 2 amide bonds. The van der Waals surface area contributed by atoms with Crippen LogP contribution < -0.4 is 4.90 Å². The van der Waals surface area contributed by atoms with Crippen molar-refractivity contribution in [2.75, 3.05) is 38.6 Å². The number of unbranched alkanes of at least 4 members (excludes halogenated alkanes) is 3. The molecule has 6 nitrogen and oxygen atoms in total. The average Bonchev–Trinajstić information content (AvgIpc) is 3.32. The number of nitrogens with zero attached hydrogens (tertiary/aromatic N) is 3. The van der Waals surface area contributed by atoms with Gasteiger partial charge in [0, 0.05) is 62.9 Å². The van der Waals surface area contributed by atoms with Gasteiger partial charge in [0.05, 0.1) is 6.54 Å². The molecule has 37 heavy (non-hydrogen) atoms. The zero-order valence-electron chi connectivity index (χ0n) is 23.1. The lowest BCUT2D eigenvalue weighted by Gasteiger charge is -2.28. The highest BCUT2D eigenvalue weighted by atomic mass is 16.2. The molecule has 1 heterocycles. The first-order chi connectivity index (χ1) is 17.9. The Labute approximate surface area is 222 Å². The predicted molar refractivity (Wildman–Crippen MR) is 154 cm³/mol. The summed E-state index contributed by atoms with van der Waals surface area (Å²) in [6.07, 6.45) is 8.23. The molecule has 0 unspecified atom stereocenters. The SMILES string of the molecule is CCCCCC(=O)N(CCCC)CC(=O)N(CCc1c[nH]c2ccccc12)Cc1ccc(N(C)C)cc1. The predicted octanol–water partition coefficient (Wildman–Crippen LogP) is 6.01. The second kappa shape index (κ2) is 14.5. The number of nitrogens with one attached hydrogen (secondary N) is 1. The third kappa shape index (κ3) is 8.38. The summed E-state index contributed by atoms with van der Waals surface area (Å²) in [6.45, 7) is 6.17. The van der Waals surface area contributed by atoms with Gasteiger partial charge in [-0.3, -0.25) is 9.59 Å². The molecule has 1 N–H and O–H groups in total. The molecule has 0 aliphatic carbocycles. The Morgan fingerprint density at radius 3 is 2.24 bits per heavy atom. The molecule has 6 heteroatoms. The Bertz CT molecular complexity index is 1120. The van der Waals surface area contributed by atoms with Crippen molar-refractivity contribution in [3.05, 3.63) is 65.9 Å².